The van der Waals surface area contributed by atoms with Crippen LogP contribution in [0.3, 0.4) is 0 Å². The van der Waals surface area contributed by atoms with Crippen molar-refractivity contribution in [1.29, 1.82) is 0 Å². The highest BCUT2D eigenvalue weighted by atomic mass is 32.1. The quantitative estimate of drug-likeness (QED) is 0.904. The van der Waals surface area contributed by atoms with E-state index in [1.807, 2.05) is 11.4 Å². The first-order valence-corrected chi connectivity index (χ1v) is 9.05. The molecule has 0 unspecified atom stereocenters. The molecule has 0 aliphatic heterocycles. The zero-order chi connectivity index (χ0) is 16.2. The second-order valence-electron chi connectivity index (χ2n) is 6.07. The number of amides is 1. The van der Waals surface area contributed by atoms with Gasteiger partial charge in [0, 0.05) is 12.0 Å². The van der Waals surface area contributed by atoms with Gasteiger partial charge in [0.1, 0.15) is 6.10 Å². The first kappa shape index (κ1) is 16.2. The lowest BCUT2D eigenvalue weighted by atomic mass is 9.89. The SMILES string of the molecule is CO[C@H](C)C(=O)N[C@H](c1ccc2c(c1)CCCC2)c1cccs1. The van der Waals surface area contributed by atoms with Gasteiger partial charge in [0.15, 0.2) is 0 Å². The Bertz CT molecular complexity index is 666. The van der Waals surface area contributed by atoms with E-state index >= 15 is 0 Å². The predicted molar refractivity (Wildman–Crippen MR) is 93.9 cm³/mol. The number of nitrogens with one attached hydrogen (secondary N) is 1. The van der Waals surface area contributed by atoms with E-state index in [1.165, 1.54) is 30.4 Å². The minimum atomic E-state index is -0.449. The second kappa shape index (κ2) is 7.28. The molecule has 1 aliphatic rings. The third kappa shape index (κ3) is 3.65. The summed E-state index contributed by atoms with van der Waals surface area (Å²) in [4.78, 5) is 13.5. The molecule has 1 N–H and O–H groups in total. The number of aryl methyl sites for hydroxylation is 2. The Balaban J connectivity index is 1.91. The standard InChI is InChI=1S/C19H23NO2S/c1-13(22-2)19(21)20-18(17-8-5-11-23-17)16-10-9-14-6-3-4-7-15(14)12-16/h5,8-13,18H,3-4,6-7H2,1-2H3,(H,20,21)/t13-,18-/m1/s1. The molecule has 2 atom stereocenters. The Morgan fingerprint density at radius 2 is 2.00 bits per heavy atom. The first-order valence-electron chi connectivity index (χ1n) is 8.17. The number of hydrogen-bond donors (Lipinski definition) is 1. The van der Waals surface area contributed by atoms with Gasteiger partial charge in [-0.05, 0) is 60.7 Å². The van der Waals surface area contributed by atoms with E-state index in [4.69, 9.17) is 4.74 Å². The number of carbonyl (C=O) groups is 1. The molecule has 122 valence electrons. The zero-order valence-corrected chi connectivity index (χ0v) is 14.5. The minimum absolute atomic E-state index is 0.0800. The third-order valence-corrected chi connectivity index (χ3v) is 5.48. The van der Waals surface area contributed by atoms with Crippen LogP contribution in [0.1, 0.15) is 47.4 Å². The van der Waals surface area contributed by atoms with Crippen LogP contribution in [0.5, 0.6) is 0 Å². The van der Waals surface area contributed by atoms with Crippen LogP contribution in [0.15, 0.2) is 35.7 Å². The summed E-state index contributed by atoms with van der Waals surface area (Å²) in [6.07, 6.45) is 4.40. The summed E-state index contributed by atoms with van der Waals surface area (Å²) in [5, 5.41) is 5.19. The fraction of sp³-hybridized carbons (Fsp3) is 0.421. The molecular formula is C19H23NO2S. The third-order valence-electron chi connectivity index (χ3n) is 4.54. The Labute approximate surface area is 141 Å². The molecule has 1 heterocycles. The van der Waals surface area contributed by atoms with Crippen molar-refractivity contribution in [3.05, 3.63) is 57.3 Å². The van der Waals surface area contributed by atoms with E-state index in [2.05, 4.69) is 29.6 Å². The van der Waals surface area contributed by atoms with E-state index in [1.54, 1.807) is 25.4 Å². The van der Waals surface area contributed by atoms with Crippen molar-refractivity contribution in [2.75, 3.05) is 7.11 Å². The van der Waals surface area contributed by atoms with Crippen molar-refractivity contribution in [3.63, 3.8) is 0 Å². The molecule has 3 rings (SSSR count). The van der Waals surface area contributed by atoms with Crippen LogP contribution in [0.25, 0.3) is 0 Å². The van der Waals surface area contributed by atoms with Crippen LogP contribution in [0, 0.1) is 0 Å². The fourth-order valence-corrected chi connectivity index (χ4v) is 3.88. The zero-order valence-electron chi connectivity index (χ0n) is 13.7. The number of hydrogen-bond acceptors (Lipinski definition) is 3. The molecule has 3 nitrogen and oxygen atoms in total. The molecule has 0 radical (unpaired) electrons. The Hall–Kier alpha value is -1.65. The second-order valence-corrected chi connectivity index (χ2v) is 7.05. The highest BCUT2D eigenvalue weighted by Gasteiger charge is 2.22. The summed E-state index contributed by atoms with van der Waals surface area (Å²) in [6.45, 7) is 1.77. The Morgan fingerprint density at radius 3 is 2.70 bits per heavy atom. The van der Waals surface area contributed by atoms with Gasteiger partial charge < -0.3 is 10.1 Å². The predicted octanol–water partition coefficient (Wildman–Crippen LogP) is 3.87. The molecule has 0 fully saturated rings. The largest absolute Gasteiger partial charge is 0.372 e. The fourth-order valence-electron chi connectivity index (χ4n) is 3.07. The number of thiophene rings is 1. The summed E-state index contributed by atoms with van der Waals surface area (Å²) < 4.78 is 5.15. The molecule has 0 saturated carbocycles. The van der Waals surface area contributed by atoms with E-state index in [-0.39, 0.29) is 11.9 Å². The highest BCUT2D eigenvalue weighted by molar-refractivity contribution is 7.10. The molecule has 1 amide bonds. The van der Waals surface area contributed by atoms with Crippen LogP contribution < -0.4 is 5.32 Å². The molecule has 0 bridgehead atoms. The number of carbonyl (C=O) groups excluding carboxylic acids is 1. The van der Waals surface area contributed by atoms with Crippen LogP contribution in [0.2, 0.25) is 0 Å². The number of fused-ring (bicyclic) bond motifs is 1. The van der Waals surface area contributed by atoms with Crippen LogP contribution >= 0.6 is 11.3 Å². The van der Waals surface area contributed by atoms with Gasteiger partial charge in [-0.1, -0.05) is 24.3 Å². The van der Waals surface area contributed by atoms with Crippen LogP contribution in [-0.2, 0) is 22.4 Å². The number of methoxy groups -OCH3 is 1. The van der Waals surface area contributed by atoms with Crippen molar-refractivity contribution in [2.45, 2.75) is 44.8 Å². The lowest BCUT2D eigenvalue weighted by Crippen LogP contribution is -2.36. The van der Waals surface area contributed by atoms with Gasteiger partial charge in [-0.2, -0.15) is 0 Å². The smallest absolute Gasteiger partial charge is 0.249 e. The summed E-state index contributed by atoms with van der Waals surface area (Å²) in [7, 11) is 1.56. The van der Waals surface area contributed by atoms with E-state index in [9.17, 15) is 4.79 Å². The Kier molecular flexibility index (Phi) is 5.13. The number of ether oxygens (including phenoxy) is 1. The summed E-state index contributed by atoms with van der Waals surface area (Å²) in [6, 6.07) is 10.7. The van der Waals surface area contributed by atoms with Gasteiger partial charge in [-0.25, -0.2) is 0 Å². The molecule has 0 saturated heterocycles. The monoisotopic (exact) mass is 329 g/mol. The lowest BCUT2D eigenvalue weighted by Gasteiger charge is -2.23. The average molecular weight is 329 g/mol. The highest BCUT2D eigenvalue weighted by Crippen LogP contribution is 2.30. The van der Waals surface area contributed by atoms with Gasteiger partial charge >= 0.3 is 0 Å². The molecule has 4 heteroatoms. The molecule has 1 aromatic heterocycles. The molecule has 23 heavy (non-hydrogen) atoms. The van der Waals surface area contributed by atoms with Crippen molar-refractivity contribution in [1.82, 2.24) is 5.32 Å². The van der Waals surface area contributed by atoms with Crippen LogP contribution in [0.4, 0.5) is 0 Å². The molecule has 2 aromatic rings. The average Bonchev–Trinajstić information content (AvgIpc) is 3.12. The maximum Gasteiger partial charge on any atom is 0.249 e. The maximum atomic E-state index is 12.3. The van der Waals surface area contributed by atoms with Gasteiger partial charge in [-0.3, -0.25) is 4.79 Å². The van der Waals surface area contributed by atoms with Gasteiger partial charge in [0.05, 0.1) is 6.04 Å². The Morgan fingerprint density at radius 1 is 1.22 bits per heavy atom. The number of benzene rings is 1. The molecule has 1 aliphatic carbocycles. The van der Waals surface area contributed by atoms with Gasteiger partial charge in [0.2, 0.25) is 5.91 Å². The number of rotatable bonds is 5. The van der Waals surface area contributed by atoms with Gasteiger partial charge in [-0.15, -0.1) is 11.3 Å². The van der Waals surface area contributed by atoms with E-state index in [0.29, 0.717) is 0 Å². The maximum absolute atomic E-state index is 12.3. The summed E-state index contributed by atoms with van der Waals surface area (Å²) in [5.41, 5.74) is 4.05. The van der Waals surface area contributed by atoms with Crippen molar-refractivity contribution >= 4 is 17.2 Å². The van der Waals surface area contributed by atoms with Crippen LogP contribution in [-0.4, -0.2) is 19.1 Å². The van der Waals surface area contributed by atoms with E-state index < -0.39 is 6.10 Å². The van der Waals surface area contributed by atoms with Crippen molar-refractivity contribution in [3.8, 4) is 0 Å². The summed E-state index contributed by atoms with van der Waals surface area (Å²) in [5.74, 6) is -0.0800. The normalized spacial score (nSPS) is 16.4. The topological polar surface area (TPSA) is 38.3 Å². The lowest BCUT2D eigenvalue weighted by molar-refractivity contribution is -0.130. The van der Waals surface area contributed by atoms with Crippen molar-refractivity contribution in [2.24, 2.45) is 0 Å². The van der Waals surface area contributed by atoms with Crippen molar-refractivity contribution < 1.29 is 9.53 Å². The minimum Gasteiger partial charge on any atom is -0.372 e. The van der Waals surface area contributed by atoms with Gasteiger partial charge in [0.25, 0.3) is 0 Å². The first-order chi connectivity index (χ1) is 11.2. The molecule has 1 aromatic carbocycles. The molecule has 0 spiro atoms. The van der Waals surface area contributed by atoms with E-state index in [0.717, 1.165) is 16.9 Å². The summed E-state index contributed by atoms with van der Waals surface area (Å²) >= 11 is 1.67. The molecular weight excluding hydrogens is 306 g/mol.